The topological polar surface area (TPSA) is 54.0 Å². The van der Waals surface area contributed by atoms with Gasteiger partial charge >= 0.3 is 0 Å². The van der Waals surface area contributed by atoms with E-state index in [0.717, 1.165) is 33.0 Å². The number of hydrogen-bond acceptors (Lipinski definition) is 6. The van der Waals surface area contributed by atoms with Crippen LogP contribution < -0.4 is 4.74 Å². The second-order valence-corrected chi connectivity index (χ2v) is 13.4. The van der Waals surface area contributed by atoms with E-state index in [1.165, 1.54) is 0 Å². The van der Waals surface area contributed by atoms with Crippen molar-refractivity contribution in [3.05, 3.63) is 88.9 Å². The maximum Gasteiger partial charge on any atom is 0.153 e. The first-order valence-electron chi connectivity index (χ1n) is 12.8. The van der Waals surface area contributed by atoms with E-state index in [1.807, 2.05) is 42.7 Å². The molecule has 2 heterocycles. The average Bonchev–Trinajstić information content (AvgIpc) is 3.17. The van der Waals surface area contributed by atoms with Gasteiger partial charge in [0, 0.05) is 27.9 Å². The summed E-state index contributed by atoms with van der Waals surface area (Å²) in [7, 11) is -1.01. The Kier molecular flexibility index (Phi) is 9.62. The molecule has 0 amide bonds. The average molecular weight is 618 g/mol. The Morgan fingerprint density at radius 2 is 1.84 bits per heavy atom. The molecule has 5 rings (SSSR count). The molecule has 0 N–H and O–H groups in total. The SMILES string of the molecule is CSC(C[C@H]1O[C@H]2CC=CCO[C@@H]2[C@@H](OCc2ccc(Br)cc2)[C@@H]1Oc1ccc2ccccc2c1)S(C)=O. The minimum Gasteiger partial charge on any atom is -0.485 e. The second kappa shape index (κ2) is 13.1. The van der Waals surface area contributed by atoms with Gasteiger partial charge in [-0.3, -0.25) is 4.21 Å². The fourth-order valence-corrected chi connectivity index (χ4v) is 7.29. The molecule has 2 unspecified atom stereocenters. The van der Waals surface area contributed by atoms with Crippen molar-refractivity contribution >= 4 is 49.3 Å². The Morgan fingerprint density at radius 1 is 1.05 bits per heavy atom. The van der Waals surface area contributed by atoms with E-state index < -0.39 is 16.9 Å². The molecule has 8 heteroatoms. The van der Waals surface area contributed by atoms with Crippen molar-refractivity contribution < 1.29 is 23.2 Å². The summed E-state index contributed by atoms with van der Waals surface area (Å²) >= 11 is 5.11. The number of fused-ring (bicyclic) bond motifs is 2. The summed E-state index contributed by atoms with van der Waals surface area (Å²) in [6.45, 7) is 0.927. The summed E-state index contributed by atoms with van der Waals surface area (Å²) < 4.78 is 39.9. The van der Waals surface area contributed by atoms with Crippen LogP contribution in [0.25, 0.3) is 10.8 Å². The minimum absolute atomic E-state index is 0.0754. The zero-order valence-corrected chi connectivity index (χ0v) is 24.8. The lowest BCUT2D eigenvalue weighted by Gasteiger charge is -2.46. The molecule has 202 valence electrons. The Labute approximate surface area is 239 Å². The van der Waals surface area contributed by atoms with Crippen molar-refractivity contribution in [1.29, 1.82) is 0 Å². The summed E-state index contributed by atoms with van der Waals surface area (Å²) in [4.78, 5) is 0. The Balaban J connectivity index is 1.48. The molecule has 7 atom stereocenters. The van der Waals surface area contributed by atoms with Gasteiger partial charge < -0.3 is 18.9 Å². The van der Waals surface area contributed by atoms with Crippen molar-refractivity contribution in [2.24, 2.45) is 0 Å². The molecule has 2 aliphatic rings. The van der Waals surface area contributed by atoms with Gasteiger partial charge in [0.15, 0.2) is 6.10 Å². The van der Waals surface area contributed by atoms with E-state index in [2.05, 4.69) is 58.4 Å². The van der Waals surface area contributed by atoms with Crippen LogP contribution in [-0.2, 0) is 31.6 Å². The first-order valence-corrected chi connectivity index (χ1v) is 16.5. The smallest absolute Gasteiger partial charge is 0.153 e. The fourth-order valence-electron chi connectivity index (χ4n) is 5.10. The van der Waals surface area contributed by atoms with Crippen LogP contribution in [0, 0.1) is 0 Å². The Hall–Kier alpha value is -1.68. The highest BCUT2D eigenvalue weighted by Gasteiger charge is 2.49. The van der Waals surface area contributed by atoms with Crippen molar-refractivity contribution in [2.45, 2.75) is 54.6 Å². The van der Waals surface area contributed by atoms with Crippen LogP contribution in [0.1, 0.15) is 18.4 Å². The second-order valence-electron chi connectivity index (χ2n) is 9.61. The van der Waals surface area contributed by atoms with Crippen molar-refractivity contribution in [3.63, 3.8) is 0 Å². The number of ether oxygens (including phenoxy) is 4. The fraction of sp³-hybridized carbons (Fsp3) is 0.400. The van der Waals surface area contributed by atoms with Crippen molar-refractivity contribution in [1.82, 2.24) is 0 Å². The molecule has 5 nitrogen and oxygen atoms in total. The Bertz CT molecular complexity index is 1270. The predicted octanol–water partition coefficient (Wildman–Crippen LogP) is 6.51. The molecule has 0 bridgehead atoms. The number of hydrogen-bond donors (Lipinski definition) is 0. The third kappa shape index (κ3) is 6.72. The van der Waals surface area contributed by atoms with E-state index in [4.69, 9.17) is 18.9 Å². The molecule has 1 fully saturated rings. The molecule has 38 heavy (non-hydrogen) atoms. The van der Waals surface area contributed by atoms with Crippen LogP contribution in [0.3, 0.4) is 0 Å². The highest BCUT2D eigenvalue weighted by atomic mass is 79.9. The van der Waals surface area contributed by atoms with E-state index >= 15 is 0 Å². The molecular formula is C30H33BrO5S2. The van der Waals surface area contributed by atoms with Crippen molar-refractivity contribution in [3.8, 4) is 5.75 Å². The van der Waals surface area contributed by atoms with Gasteiger partial charge in [-0.1, -0.05) is 70.5 Å². The first kappa shape index (κ1) is 27.9. The molecule has 3 aromatic rings. The quantitative estimate of drug-likeness (QED) is 0.256. The summed E-state index contributed by atoms with van der Waals surface area (Å²) in [6.07, 6.45) is 7.64. The van der Waals surface area contributed by atoms with Gasteiger partial charge in [-0.25, -0.2) is 0 Å². The third-order valence-corrected chi connectivity index (χ3v) is 10.6. The van der Waals surface area contributed by atoms with E-state index in [9.17, 15) is 4.21 Å². The normalized spacial score (nSPS) is 26.9. The summed E-state index contributed by atoms with van der Waals surface area (Å²) in [6, 6.07) is 22.5. The zero-order chi connectivity index (χ0) is 26.5. The molecule has 3 aromatic carbocycles. The van der Waals surface area contributed by atoms with Crippen LogP contribution in [0.15, 0.2) is 83.4 Å². The summed E-state index contributed by atoms with van der Waals surface area (Å²) in [5, 5.41) is 2.26. The lowest BCUT2D eigenvalue weighted by atomic mass is 9.91. The predicted molar refractivity (Wildman–Crippen MR) is 159 cm³/mol. The number of thioether (sulfide) groups is 1. The molecule has 2 aliphatic heterocycles. The van der Waals surface area contributed by atoms with Crippen LogP contribution in [0.5, 0.6) is 5.75 Å². The molecule has 0 spiro atoms. The van der Waals surface area contributed by atoms with E-state index in [-0.39, 0.29) is 29.0 Å². The van der Waals surface area contributed by atoms with E-state index in [1.54, 1.807) is 18.0 Å². The molecule has 0 aromatic heterocycles. The Morgan fingerprint density at radius 3 is 2.61 bits per heavy atom. The maximum absolute atomic E-state index is 12.5. The molecular weight excluding hydrogens is 584 g/mol. The summed E-state index contributed by atoms with van der Waals surface area (Å²) in [5.41, 5.74) is 1.07. The minimum atomic E-state index is -1.01. The standard InChI is InChI=1S/C30H33BrO5S2/c1-37-27(38(2)32)18-26-29(35-24-15-12-21-7-3-4-8-22(21)17-24)30(28-25(36-26)9-5-6-16-33-28)34-19-20-10-13-23(31)14-11-20/h3-8,10-15,17,25-30H,9,16,18-19H2,1-2H3/t25-,26+,27?,28-,29+,30+,38?/m0/s1. The molecule has 1 saturated heterocycles. The van der Waals surface area contributed by atoms with Gasteiger partial charge in [-0.2, -0.15) is 0 Å². The first-order chi connectivity index (χ1) is 18.5. The van der Waals surface area contributed by atoms with Crippen LogP contribution >= 0.6 is 27.7 Å². The highest BCUT2D eigenvalue weighted by molar-refractivity contribution is 9.10. The summed E-state index contributed by atoms with van der Waals surface area (Å²) in [5.74, 6) is 0.753. The number of benzene rings is 3. The molecule has 0 aliphatic carbocycles. The monoisotopic (exact) mass is 616 g/mol. The number of halogens is 1. The van der Waals surface area contributed by atoms with Gasteiger partial charge in [0.1, 0.15) is 18.0 Å². The van der Waals surface area contributed by atoms with Crippen LogP contribution in [0.2, 0.25) is 0 Å². The lowest BCUT2D eigenvalue weighted by Crippen LogP contribution is -2.61. The van der Waals surface area contributed by atoms with Gasteiger partial charge in [-0.05, 0) is 53.3 Å². The maximum atomic E-state index is 12.5. The zero-order valence-electron chi connectivity index (χ0n) is 21.5. The molecule has 0 saturated carbocycles. The highest BCUT2D eigenvalue weighted by Crippen LogP contribution is 2.36. The third-order valence-electron chi connectivity index (χ3n) is 7.06. The van der Waals surface area contributed by atoms with E-state index in [0.29, 0.717) is 19.6 Å². The van der Waals surface area contributed by atoms with Crippen LogP contribution in [0.4, 0.5) is 0 Å². The van der Waals surface area contributed by atoms with Gasteiger partial charge in [0.05, 0.1) is 30.0 Å². The largest absolute Gasteiger partial charge is 0.485 e. The van der Waals surface area contributed by atoms with Gasteiger partial charge in [0.25, 0.3) is 0 Å². The van der Waals surface area contributed by atoms with Crippen LogP contribution in [-0.4, -0.2) is 58.4 Å². The molecule has 0 radical (unpaired) electrons. The van der Waals surface area contributed by atoms with Gasteiger partial charge in [0.2, 0.25) is 0 Å². The lowest BCUT2D eigenvalue weighted by molar-refractivity contribution is -0.239. The number of rotatable bonds is 9. The van der Waals surface area contributed by atoms with Gasteiger partial charge in [-0.15, -0.1) is 11.8 Å². The van der Waals surface area contributed by atoms with Crippen molar-refractivity contribution in [2.75, 3.05) is 19.1 Å².